The molecule has 1 aromatic carbocycles. The van der Waals surface area contributed by atoms with Gasteiger partial charge in [-0.2, -0.15) is 0 Å². The number of rotatable bonds is 2. The van der Waals surface area contributed by atoms with E-state index in [-0.39, 0.29) is 12.3 Å². The fourth-order valence-corrected chi connectivity index (χ4v) is 1.50. The van der Waals surface area contributed by atoms with Crippen LogP contribution in [0.5, 0.6) is 0 Å². The van der Waals surface area contributed by atoms with Crippen molar-refractivity contribution in [2.24, 2.45) is 5.73 Å². The summed E-state index contributed by atoms with van der Waals surface area (Å²) in [5, 5.41) is 0. The number of imidazole rings is 1. The summed E-state index contributed by atoms with van der Waals surface area (Å²) in [7, 11) is 0. The van der Waals surface area contributed by atoms with Crippen molar-refractivity contribution >= 4 is 16.9 Å². The van der Waals surface area contributed by atoms with Gasteiger partial charge < -0.3 is 10.7 Å². The Kier molecular flexibility index (Phi) is 1.96. The van der Waals surface area contributed by atoms with Crippen LogP contribution in [0.3, 0.4) is 0 Å². The minimum absolute atomic E-state index is 0.272. The molecule has 0 saturated carbocycles. The van der Waals surface area contributed by atoms with Crippen molar-refractivity contribution in [1.29, 1.82) is 0 Å². The van der Waals surface area contributed by atoms with Gasteiger partial charge in [0.1, 0.15) is 5.82 Å². The maximum atomic E-state index is 10.7. The average Bonchev–Trinajstić information content (AvgIpc) is 2.42. The number of aromatic amines is 1. The lowest BCUT2D eigenvalue weighted by atomic mass is 10.1. The quantitative estimate of drug-likeness (QED) is 0.736. The molecule has 0 fully saturated rings. The van der Waals surface area contributed by atoms with E-state index >= 15 is 0 Å². The molecule has 0 unspecified atom stereocenters. The standard InChI is InChI=1S/C10H11N3O/c1-6-12-8-3-2-7(5-10(11)14)4-9(8)13-6/h2-4H,5H2,1H3,(H2,11,14)(H,12,13). The molecular weight excluding hydrogens is 178 g/mol. The molecule has 0 spiro atoms. The zero-order chi connectivity index (χ0) is 10.1. The van der Waals surface area contributed by atoms with Gasteiger partial charge in [-0.15, -0.1) is 0 Å². The van der Waals surface area contributed by atoms with E-state index in [0.717, 1.165) is 22.4 Å². The predicted octanol–water partition coefficient (Wildman–Crippen LogP) is 0.899. The number of aryl methyl sites for hydroxylation is 1. The largest absolute Gasteiger partial charge is 0.369 e. The Morgan fingerprint density at radius 3 is 3.07 bits per heavy atom. The first-order chi connectivity index (χ1) is 6.65. The van der Waals surface area contributed by atoms with Crippen LogP contribution in [0.15, 0.2) is 18.2 Å². The highest BCUT2D eigenvalue weighted by atomic mass is 16.1. The van der Waals surface area contributed by atoms with E-state index in [0.29, 0.717) is 0 Å². The van der Waals surface area contributed by atoms with Crippen molar-refractivity contribution in [3.8, 4) is 0 Å². The Hall–Kier alpha value is -1.84. The van der Waals surface area contributed by atoms with Crippen LogP contribution in [0.2, 0.25) is 0 Å². The Balaban J connectivity index is 2.45. The minimum atomic E-state index is -0.319. The number of H-pyrrole nitrogens is 1. The zero-order valence-corrected chi connectivity index (χ0v) is 7.87. The van der Waals surface area contributed by atoms with Crippen LogP contribution in [0.25, 0.3) is 11.0 Å². The second-order valence-corrected chi connectivity index (χ2v) is 3.32. The molecule has 0 aliphatic rings. The monoisotopic (exact) mass is 189 g/mol. The molecule has 2 aromatic rings. The number of hydrogen-bond acceptors (Lipinski definition) is 2. The van der Waals surface area contributed by atoms with Gasteiger partial charge in [0.25, 0.3) is 0 Å². The third kappa shape index (κ3) is 1.59. The highest BCUT2D eigenvalue weighted by molar-refractivity contribution is 5.80. The van der Waals surface area contributed by atoms with Crippen LogP contribution < -0.4 is 5.73 Å². The summed E-state index contributed by atoms with van der Waals surface area (Å²) in [6.07, 6.45) is 0.272. The molecule has 14 heavy (non-hydrogen) atoms. The number of nitrogens with zero attached hydrogens (tertiary/aromatic N) is 1. The van der Waals surface area contributed by atoms with Gasteiger partial charge >= 0.3 is 0 Å². The van der Waals surface area contributed by atoms with E-state index in [1.54, 1.807) is 0 Å². The molecule has 4 nitrogen and oxygen atoms in total. The number of nitrogens with two attached hydrogens (primary N) is 1. The van der Waals surface area contributed by atoms with Crippen molar-refractivity contribution in [3.63, 3.8) is 0 Å². The first kappa shape index (κ1) is 8.74. The van der Waals surface area contributed by atoms with Crippen LogP contribution >= 0.6 is 0 Å². The number of carbonyl (C=O) groups excluding carboxylic acids is 1. The van der Waals surface area contributed by atoms with Crippen molar-refractivity contribution in [3.05, 3.63) is 29.6 Å². The number of fused-ring (bicyclic) bond motifs is 1. The van der Waals surface area contributed by atoms with Gasteiger partial charge in [-0.1, -0.05) is 6.07 Å². The molecule has 72 valence electrons. The molecule has 0 aliphatic heterocycles. The molecule has 0 aliphatic carbocycles. The van der Waals surface area contributed by atoms with Gasteiger partial charge in [0.05, 0.1) is 17.5 Å². The van der Waals surface area contributed by atoms with Crippen LogP contribution in [0, 0.1) is 6.92 Å². The maximum absolute atomic E-state index is 10.7. The number of amides is 1. The van der Waals surface area contributed by atoms with Gasteiger partial charge in [-0.05, 0) is 24.6 Å². The molecule has 4 heteroatoms. The summed E-state index contributed by atoms with van der Waals surface area (Å²) < 4.78 is 0. The minimum Gasteiger partial charge on any atom is -0.369 e. The van der Waals surface area contributed by atoms with E-state index in [1.807, 2.05) is 25.1 Å². The van der Waals surface area contributed by atoms with Gasteiger partial charge in [-0.3, -0.25) is 4.79 Å². The highest BCUT2D eigenvalue weighted by Crippen LogP contribution is 2.13. The van der Waals surface area contributed by atoms with E-state index in [2.05, 4.69) is 9.97 Å². The molecule has 2 rings (SSSR count). The molecule has 1 aromatic heterocycles. The molecule has 0 saturated heterocycles. The predicted molar refractivity (Wildman–Crippen MR) is 53.7 cm³/mol. The summed E-state index contributed by atoms with van der Waals surface area (Å²) in [6.45, 7) is 1.90. The summed E-state index contributed by atoms with van der Waals surface area (Å²) >= 11 is 0. The van der Waals surface area contributed by atoms with Crippen molar-refractivity contribution < 1.29 is 4.79 Å². The molecule has 1 amide bonds. The van der Waals surface area contributed by atoms with Gasteiger partial charge in [0.2, 0.25) is 5.91 Å². The van der Waals surface area contributed by atoms with E-state index in [9.17, 15) is 4.79 Å². The molecule has 1 heterocycles. The van der Waals surface area contributed by atoms with E-state index in [1.165, 1.54) is 0 Å². The number of carbonyl (C=O) groups is 1. The van der Waals surface area contributed by atoms with Crippen LogP contribution in [0.1, 0.15) is 11.4 Å². The number of aromatic nitrogens is 2. The number of nitrogens with one attached hydrogen (secondary N) is 1. The van der Waals surface area contributed by atoms with E-state index in [4.69, 9.17) is 5.73 Å². The highest BCUT2D eigenvalue weighted by Gasteiger charge is 2.02. The van der Waals surface area contributed by atoms with Gasteiger partial charge in [0.15, 0.2) is 0 Å². The van der Waals surface area contributed by atoms with Gasteiger partial charge in [-0.25, -0.2) is 4.98 Å². The summed E-state index contributed by atoms with van der Waals surface area (Å²) in [6, 6.07) is 5.66. The van der Waals surface area contributed by atoms with Crippen molar-refractivity contribution in [1.82, 2.24) is 9.97 Å². The van der Waals surface area contributed by atoms with Crippen molar-refractivity contribution in [2.75, 3.05) is 0 Å². The Labute approximate surface area is 81.1 Å². The molecule has 0 radical (unpaired) electrons. The number of hydrogen-bond donors (Lipinski definition) is 2. The Bertz CT molecular complexity index is 487. The SMILES string of the molecule is Cc1nc2ccc(CC(N)=O)cc2[nH]1. The third-order valence-corrected chi connectivity index (χ3v) is 2.04. The summed E-state index contributed by atoms with van der Waals surface area (Å²) in [5.41, 5.74) is 7.88. The fourth-order valence-electron chi connectivity index (χ4n) is 1.50. The van der Waals surface area contributed by atoms with E-state index < -0.39 is 0 Å². The van der Waals surface area contributed by atoms with Crippen molar-refractivity contribution in [2.45, 2.75) is 13.3 Å². The number of benzene rings is 1. The van der Waals surface area contributed by atoms with Gasteiger partial charge in [0, 0.05) is 0 Å². The first-order valence-electron chi connectivity index (χ1n) is 4.39. The molecular formula is C10H11N3O. The first-order valence-corrected chi connectivity index (χ1v) is 4.39. The molecule has 0 atom stereocenters. The Morgan fingerprint density at radius 2 is 2.36 bits per heavy atom. The topological polar surface area (TPSA) is 71.8 Å². The second kappa shape index (κ2) is 3.14. The normalized spacial score (nSPS) is 10.6. The Morgan fingerprint density at radius 1 is 1.57 bits per heavy atom. The molecule has 0 bridgehead atoms. The van der Waals surface area contributed by atoms with Crippen LogP contribution in [-0.4, -0.2) is 15.9 Å². The van der Waals surface area contributed by atoms with Crippen LogP contribution in [-0.2, 0) is 11.2 Å². The summed E-state index contributed by atoms with van der Waals surface area (Å²) in [5.74, 6) is 0.553. The van der Waals surface area contributed by atoms with Crippen LogP contribution in [0.4, 0.5) is 0 Å². The third-order valence-electron chi connectivity index (χ3n) is 2.04. The fraction of sp³-hybridized carbons (Fsp3) is 0.200. The lowest BCUT2D eigenvalue weighted by Crippen LogP contribution is -2.13. The average molecular weight is 189 g/mol. The lowest BCUT2D eigenvalue weighted by Gasteiger charge is -1.96. The number of primary amides is 1. The summed E-state index contributed by atoms with van der Waals surface area (Å²) in [4.78, 5) is 18.1. The molecule has 3 N–H and O–H groups in total. The maximum Gasteiger partial charge on any atom is 0.221 e. The smallest absolute Gasteiger partial charge is 0.221 e. The lowest BCUT2D eigenvalue weighted by molar-refractivity contribution is -0.117. The zero-order valence-electron chi connectivity index (χ0n) is 7.87. The second-order valence-electron chi connectivity index (χ2n) is 3.32.